The van der Waals surface area contributed by atoms with Gasteiger partial charge >= 0.3 is 5.97 Å². The fourth-order valence-corrected chi connectivity index (χ4v) is 2.33. The van der Waals surface area contributed by atoms with Gasteiger partial charge in [0, 0.05) is 19.1 Å². The lowest BCUT2D eigenvalue weighted by Crippen LogP contribution is -2.42. The van der Waals surface area contributed by atoms with Crippen molar-refractivity contribution in [1.29, 1.82) is 0 Å². The quantitative estimate of drug-likeness (QED) is 0.712. The standard InChI is InChI=1S/C12H20N2O3/c1-2-17-12(16)8-3-5-14(6-4-8)11(15)9-7-10(9)13/h8-10H,2-7,13H2,1H3. The van der Waals surface area contributed by atoms with Crippen LogP contribution in [0.15, 0.2) is 0 Å². The Hall–Kier alpha value is -1.10. The maximum absolute atomic E-state index is 11.9. The van der Waals surface area contributed by atoms with Gasteiger partial charge in [0.15, 0.2) is 0 Å². The molecule has 5 nitrogen and oxygen atoms in total. The molecular weight excluding hydrogens is 220 g/mol. The van der Waals surface area contributed by atoms with E-state index < -0.39 is 0 Å². The average molecular weight is 240 g/mol. The predicted molar refractivity (Wildman–Crippen MR) is 62.0 cm³/mol. The van der Waals surface area contributed by atoms with E-state index in [4.69, 9.17) is 10.5 Å². The van der Waals surface area contributed by atoms with Crippen molar-refractivity contribution in [2.45, 2.75) is 32.2 Å². The Bertz CT molecular complexity index is 311. The van der Waals surface area contributed by atoms with E-state index in [1.54, 1.807) is 0 Å². The minimum absolute atomic E-state index is 0.0353. The van der Waals surface area contributed by atoms with Crippen LogP contribution in [0.5, 0.6) is 0 Å². The molecule has 1 heterocycles. The minimum atomic E-state index is -0.122. The van der Waals surface area contributed by atoms with Crippen LogP contribution >= 0.6 is 0 Å². The Morgan fingerprint density at radius 1 is 1.35 bits per heavy atom. The van der Waals surface area contributed by atoms with Crippen molar-refractivity contribution in [2.24, 2.45) is 17.6 Å². The van der Waals surface area contributed by atoms with Crippen molar-refractivity contribution in [1.82, 2.24) is 4.90 Å². The monoisotopic (exact) mass is 240 g/mol. The first kappa shape index (κ1) is 12.4. The van der Waals surface area contributed by atoms with Crippen LogP contribution in [-0.4, -0.2) is 42.5 Å². The van der Waals surface area contributed by atoms with Gasteiger partial charge in [0.05, 0.1) is 18.4 Å². The third kappa shape index (κ3) is 2.77. The lowest BCUT2D eigenvalue weighted by atomic mass is 9.96. The summed E-state index contributed by atoms with van der Waals surface area (Å²) in [6.07, 6.45) is 2.25. The second-order valence-corrected chi connectivity index (χ2v) is 4.86. The van der Waals surface area contributed by atoms with Crippen LogP contribution in [-0.2, 0) is 14.3 Å². The normalized spacial score (nSPS) is 28.9. The van der Waals surface area contributed by atoms with Gasteiger partial charge in [-0.25, -0.2) is 0 Å². The SMILES string of the molecule is CCOC(=O)C1CCN(C(=O)C2CC2N)CC1. The number of rotatable bonds is 3. The molecule has 1 amide bonds. The predicted octanol–water partition coefficient (Wildman–Crippen LogP) is 0.135. The van der Waals surface area contributed by atoms with Gasteiger partial charge in [-0.1, -0.05) is 0 Å². The molecule has 2 N–H and O–H groups in total. The lowest BCUT2D eigenvalue weighted by molar-refractivity contribution is -0.151. The van der Waals surface area contributed by atoms with E-state index in [0.29, 0.717) is 32.5 Å². The molecule has 0 aromatic rings. The van der Waals surface area contributed by atoms with Crippen LogP contribution in [0.2, 0.25) is 0 Å². The number of hydrogen-bond acceptors (Lipinski definition) is 4. The topological polar surface area (TPSA) is 72.6 Å². The Morgan fingerprint density at radius 3 is 2.41 bits per heavy atom. The molecule has 5 heteroatoms. The highest BCUT2D eigenvalue weighted by atomic mass is 16.5. The highest BCUT2D eigenvalue weighted by Gasteiger charge is 2.43. The molecule has 2 atom stereocenters. The zero-order chi connectivity index (χ0) is 12.4. The molecule has 0 aromatic carbocycles. The average Bonchev–Trinajstić information content (AvgIpc) is 3.06. The number of nitrogens with zero attached hydrogens (tertiary/aromatic N) is 1. The number of piperidine rings is 1. The summed E-state index contributed by atoms with van der Waals surface area (Å²) < 4.78 is 4.99. The fourth-order valence-electron chi connectivity index (χ4n) is 2.33. The molecule has 2 aliphatic rings. The van der Waals surface area contributed by atoms with Crippen molar-refractivity contribution in [2.75, 3.05) is 19.7 Å². The minimum Gasteiger partial charge on any atom is -0.466 e. The van der Waals surface area contributed by atoms with Crippen LogP contribution in [0.4, 0.5) is 0 Å². The van der Waals surface area contributed by atoms with Crippen LogP contribution < -0.4 is 5.73 Å². The molecule has 2 fully saturated rings. The molecule has 17 heavy (non-hydrogen) atoms. The smallest absolute Gasteiger partial charge is 0.309 e. The molecule has 1 aliphatic carbocycles. The van der Waals surface area contributed by atoms with Gasteiger partial charge in [0.25, 0.3) is 0 Å². The van der Waals surface area contributed by atoms with Crippen molar-refractivity contribution >= 4 is 11.9 Å². The Kier molecular flexibility index (Phi) is 3.66. The second-order valence-electron chi connectivity index (χ2n) is 4.86. The molecule has 96 valence electrons. The Morgan fingerprint density at radius 2 is 1.94 bits per heavy atom. The van der Waals surface area contributed by atoms with Gasteiger partial charge in [0.1, 0.15) is 0 Å². The first-order chi connectivity index (χ1) is 8.13. The Balaban J connectivity index is 1.78. The number of hydrogen-bond donors (Lipinski definition) is 1. The molecule has 1 saturated heterocycles. The van der Waals surface area contributed by atoms with E-state index >= 15 is 0 Å². The number of amides is 1. The van der Waals surface area contributed by atoms with Crippen molar-refractivity contribution in [3.05, 3.63) is 0 Å². The molecule has 0 aromatic heterocycles. The van der Waals surface area contributed by atoms with Crippen LogP contribution in [0.25, 0.3) is 0 Å². The van der Waals surface area contributed by atoms with E-state index in [1.807, 2.05) is 11.8 Å². The molecular formula is C12H20N2O3. The first-order valence-corrected chi connectivity index (χ1v) is 6.34. The van der Waals surface area contributed by atoms with Gasteiger partial charge < -0.3 is 15.4 Å². The molecule has 0 bridgehead atoms. The van der Waals surface area contributed by atoms with Crippen LogP contribution in [0.1, 0.15) is 26.2 Å². The van der Waals surface area contributed by atoms with Gasteiger partial charge in [0.2, 0.25) is 5.91 Å². The molecule has 1 saturated carbocycles. The fraction of sp³-hybridized carbons (Fsp3) is 0.833. The largest absolute Gasteiger partial charge is 0.466 e. The molecule has 2 unspecified atom stereocenters. The molecule has 0 radical (unpaired) electrons. The number of likely N-dealkylation sites (tertiary alicyclic amines) is 1. The first-order valence-electron chi connectivity index (χ1n) is 6.34. The van der Waals surface area contributed by atoms with Gasteiger partial charge in [-0.05, 0) is 26.2 Å². The highest BCUT2D eigenvalue weighted by Crippen LogP contribution is 2.31. The number of carbonyl (C=O) groups is 2. The number of esters is 1. The zero-order valence-corrected chi connectivity index (χ0v) is 10.2. The maximum Gasteiger partial charge on any atom is 0.309 e. The Labute approximate surface area is 101 Å². The van der Waals surface area contributed by atoms with Gasteiger partial charge in [-0.3, -0.25) is 9.59 Å². The lowest BCUT2D eigenvalue weighted by Gasteiger charge is -2.31. The second kappa shape index (κ2) is 5.04. The highest BCUT2D eigenvalue weighted by molar-refractivity contribution is 5.82. The van der Waals surface area contributed by atoms with E-state index in [1.165, 1.54) is 0 Å². The van der Waals surface area contributed by atoms with Gasteiger partial charge in [-0.15, -0.1) is 0 Å². The van der Waals surface area contributed by atoms with E-state index in [9.17, 15) is 9.59 Å². The molecule has 2 rings (SSSR count). The van der Waals surface area contributed by atoms with E-state index in [-0.39, 0.29) is 29.8 Å². The van der Waals surface area contributed by atoms with E-state index in [0.717, 1.165) is 6.42 Å². The summed E-state index contributed by atoms with van der Waals surface area (Å²) in [5, 5.41) is 0. The summed E-state index contributed by atoms with van der Waals surface area (Å²) in [6, 6.07) is 0.0604. The van der Waals surface area contributed by atoms with Crippen molar-refractivity contribution in [3.63, 3.8) is 0 Å². The van der Waals surface area contributed by atoms with Crippen molar-refractivity contribution in [3.8, 4) is 0 Å². The van der Waals surface area contributed by atoms with Crippen LogP contribution in [0, 0.1) is 11.8 Å². The van der Waals surface area contributed by atoms with Gasteiger partial charge in [-0.2, -0.15) is 0 Å². The van der Waals surface area contributed by atoms with E-state index in [2.05, 4.69) is 0 Å². The molecule has 1 aliphatic heterocycles. The maximum atomic E-state index is 11.9. The number of nitrogens with two attached hydrogens (primary N) is 1. The number of ether oxygens (including phenoxy) is 1. The third-order valence-corrected chi connectivity index (χ3v) is 3.58. The summed E-state index contributed by atoms with van der Waals surface area (Å²) in [5.41, 5.74) is 5.67. The summed E-state index contributed by atoms with van der Waals surface area (Å²) in [5.74, 6) is 0.0450. The third-order valence-electron chi connectivity index (χ3n) is 3.58. The summed E-state index contributed by atoms with van der Waals surface area (Å²) in [6.45, 7) is 3.55. The molecule has 0 spiro atoms. The van der Waals surface area contributed by atoms with Crippen molar-refractivity contribution < 1.29 is 14.3 Å². The zero-order valence-electron chi connectivity index (χ0n) is 10.2. The summed E-state index contributed by atoms with van der Waals surface area (Å²) in [4.78, 5) is 25.3. The number of carbonyl (C=O) groups excluding carboxylic acids is 2. The summed E-state index contributed by atoms with van der Waals surface area (Å²) in [7, 11) is 0. The summed E-state index contributed by atoms with van der Waals surface area (Å²) >= 11 is 0. The van der Waals surface area contributed by atoms with Crippen LogP contribution in [0.3, 0.4) is 0 Å².